The number of halogens is 1. The van der Waals surface area contributed by atoms with E-state index in [-0.39, 0.29) is 36.6 Å². The molecule has 2 rings (SSSR count). The summed E-state index contributed by atoms with van der Waals surface area (Å²) in [6, 6.07) is 0.256. The van der Waals surface area contributed by atoms with Gasteiger partial charge in [0.05, 0.1) is 11.9 Å². The number of rotatable bonds is 12. The molecular weight excluding hydrogens is 492 g/mol. The lowest BCUT2D eigenvalue weighted by Crippen LogP contribution is -2.56. The lowest BCUT2D eigenvalue weighted by molar-refractivity contribution is -0.117. The number of aliphatic hydroxyl groups is 2. The zero-order chi connectivity index (χ0) is 26.1. The molecule has 5 atom stereocenters. The van der Waals surface area contributed by atoms with E-state index < -0.39 is 22.0 Å². The Kier molecular flexibility index (Phi) is 11.9. The first kappa shape index (κ1) is 30.0. The molecule has 1 aliphatic carbocycles. The number of hydrogen-bond acceptors (Lipinski definition) is 6. The topological polar surface area (TPSA) is 136 Å². The first-order valence-corrected chi connectivity index (χ1v) is 14.5. The maximum absolute atomic E-state index is 12.2. The third kappa shape index (κ3) is 9.98. The van der Waals surface area contributed by atoms with Gasteiger partial charge < -0.3 is 20.8 Å². The molecule has 1 aliphatic heterocycles. The van der Waals surface area contributed by atoms with Gasteiger partial charge in [0, 0.05) is 41.8 Å². The van der Waals surface area contributed by atoms with E-state index in [0.29, 0.717) is 29.4 Å². The molecule has 1 spiro atoms. The van der Waals surface area contributed by atoms with Crippen molar-refractivity contribution in [1.82, 2.24) is 10.6 Å². The van der Waals surface area contributed by atoms with Gasteiger partial charge in [-0.05, 0) is 56.9 Å². The van der Waals surface area contributed by atoms with Gasteiger partial charge in [0.15, 0.2) is 0 Å². The van der Waals surface area contributed by atoms with Gasteiger partial charge >= 0.3 is 0 Å². The summed E-state index contributed by atoms with van der Waals surface area (Å²) in [6.45, 7) is 3.72. The highest BCUT2D eigenvalue weighted by Crippen LogP contribution is 2.46. The smallest absolute Gasteiger partial charge is 0.266 e. The van der Waals surface area contributed by atoms with Crippen LogP contribution in [0.25, 0.3) is 0 Å². The maximum Gasteiger partial charge on any atom is 0.266 e. The van der Waals surface area contributed by atoms with Crippen LogP contribution >= 0.6 is 11.6 Å². The predicted octanol–water partition coefficient (Wildman–Crippen LogP) is 3.07. The average molecular weight is 533 g/mol. The van der Waals surface area contributed by atoms with Crippen LogP contribution in [-0.4, -0.2) is 65.7 Å². The lowest BCUT2D eigenvalue weighted by atomic mass is 9.72. The van der Waals surface area contributed by atoms with Gasteiger partial charge in [0.2, 0.25) is 5.91 Å². The number of hydrogen-bond donors (Lipinski definition) is 5. The van der Waals surface area contributed by atoms with Gasteiger partial charge in [-0.1, -0.05) is 49.6 Å². The Hall–Kier alpha value is -1.23. The minimum atomic E-state index is -4.10. The van der Waals surface area contributed by atoms with E-state index in [1.807, 2.05) is 6.08 Å². The van der Waals surface area contributed by atoms with Gasteiger partial charge in [-0.25, -0.2) is 0 Å². The molecule has 35 heavy (non-hydrogen) atoms. The molecule has 0 bridgehead atoms. The van der Waals surface area contributed by atoms with Crippen LogP contribution in [0.4, 0.5) is 0 Å². The average Bonchev–Trinajstić information content (AvgIpc) is 3.17. The Balaban J connectivity index is 1.95. The van der Waals surface area contributed by atoms with Crippen molar-refractivity contribution in [3.63, 3.8) is 0 Å². The summed E-state index contributed by atoms with van der Waals surface area (Å²) in [5.41, 5.74) is 0.574. The summed E-state index contributed by atoms with van der Waals surface area (Å²) in [4.78, 5) is 12.2. The van der Waals surface area contributed by atoms with E-state index in [1.54, 1.807) is 19.1 Å². The summed E-state index contributed by atoms with van der Waals surface area (Å²) in [7, 11) is -4.10. The number of amides is 1. The molecule has 10 heteroatoms. The van der Waals surface area contributed by atoms with Crippen LogP contribution in [0.5, 0.6) is 0 Å². The minimum absolute atomic E-state index is 0.0431. The van der Waals surface area contributed by atoms with Crippen molar-refractivity contribution in [2.75, 3.05) is 18.9 Å². The molecule has 2 aliphatic rings. The van der Waals surface area contributed by atoms with Crippen LogP contribution in [0.3, 0.4) is 0 Å². The SMILES string of the molecule is C/C(=C\C[C@@H]1CCC[C@@]2(CCCC2C(C)/C=C/C(O)/C=C(\Cl)CCO)N1)C(=O)NCCS(=O)(=O)O. The fourth-order valence-corrected chi connectivity index (χ4v) is 6.02. The van der Waals surface area contributed by atoms with E-state index in [0.717, 1.165) is 38.5 Å². The summed E-state index contributed by atoms with van der Waals surface area (Å²) in [5, 5.41) is 26.0. The summed E-state index contributed by atoms with van der Waals surface area (Å²) in [5.74, 6) is -0.118. The normalized spacial score (nSPS) is 27.9. The molecule has 0 aromatic carbocycles. The molecule has 1 heterocycles. The van der Waals surface area contributed by atoms with E-state index >= 15 is 0 Å². The third-order valence-electron chi connectivity index (χ3n) is 7.18. The first-order chi connectivity index (χ1) is 16.5. The van der Waals surface area contributed by atoms with E-state index in [4.69, 9.17) is 21.3 Å². The van der Waals surface area contributed by atoms with Gasteiger partial charge in [-0.15, -0.1) is 0 Å². The zero-order valence-corrected chi connectivity index (χ0v) is 22.3. The van der Waals surface area contributed by atoms with E-state index in [1.165, 1.54) is 0 Å². The second-order valence-electron chi connectivity index (χ2n) is 9.87. The van der Waals surface area contributed by atoms with Crippen molar-refractivity contribution in [3.05, 3.63) is 34.9 Å². The summed E-state index contributed by atoms with van der Waals surface area (Å²) < 4.78 is 30.4. The summed E-state index contributed by atoms with van der Waals surface area (Å²) in [6.07, 6.45) is 14.2. The minimum Gasteiger partial charge on any atom is -0.396 e. The molecule has 0 aromatic heterocycles. The Morgan fingerprint density at radius 2 is 1.94 bits per heavy atom. The Morgan fingerprint density at radius 3 is 2.60 bits per heavy atom. The van der Waals surface area contributed by atoms with Crippen molar-refractivity contribution in [2.24, 2.45) is 11.8 Å². The van der Waals surface area contributed by atoms with Crippen molar-refractivity contribution < 1.29 is 28.0 Å². The standard InChI is InChI=1S/C25H41ClN2O6S/c1-18(8-10-22(30)17-20(26)11-15-29)23-6-4-13-25(23)12-3-5-21(28-25)9-7-19(2)24(31)27-14-16-35(32,33)34/h7-8,10,17-18,21-23,28-30H,3-6,9,11-16H2,1-2H3,(H,27,31)(H,32,33,34)/b10-8+,19-7+,20-17-/t18?,21-,22?,23?,25-/m0/s1. The molecule has 1 amide bonds. The lowest BCUT2D eigenvalue weighted by Gasteiger charge is -2.45. The monoisotopic (exact) mass is 532 g/mol. The third-order valence-corrected chi connectivity index (χ3v) is 8.21. The van der Waals surface area contributed by atoms with Crippen LogP contribution in [-0.2, 0) is 14.9 Å². The Morgan fingerprint density at radius 1 is 1.26 bits per heavy atom. The Bertz CT molecular complexity index is 904. The highest BCUT2D eigenvalue weighted by Gasteiger charge is 2.46. The van der Waals surface area contributed by atoms with Crippen molar-refractivity contribution in [2.45, 2.75) is 82.9 Å². The largest absolute Gasteiger partial charge is 0.396 e. The molecule has 1 saturated heterocycles. The van der Waals surface area contributed by atoms with Crippen LogP contribution in [0.15, 0.2) is 34.9 Å². The van der Waals surface area contributed by atoms with Gasteiger partial charge in [-0.2, -0.15) is 8.42 Å². The molecule has 8 nitrogen and oxygen atoms in total. The highest BCUT2D eigenvalue weighted by molar-refractivity contribution is 7.85. The molecule has 0 aromatic rings. The quantitative estimate of drug-likeness (QED) is 0.148. The summed E-state index contributed by atoms with van der Waals surface area (Å²) >= 11 is 6.00. The molecule has 2 fully saturated rings. The fourth-order valence-electron chi connectivity index (χ4n) is 5.45. The van der Waals surface area contributed by atoms with Gasteiger partial charge in [-0.3, -0.25) is 9.35 Å². The molecule has 3 unspecified atom stereocenters. The number of carbonyl (C=O) groups excluding carboxylic acids is 1. The van der Waals surface area contributed by atoms with Gasteiger partial charge in [0.25, 0.3) is 10.1 Å². The van der Waals surface area contributed by atoms with Crippen molar-refractivity contribution in [1.29, 1.82) is 0 Å². The molecule has 1 saturated carbocycles. The highest BCUT2D eigenvalue weighted by atomic mass is 35.5. The maximum atomic E-state index is 12.2. The van der Waals surface area contributed by atoms with Gasteiger partial charge in [0.1, 0.15) is 0 Å². The number of allylic oxidation sites excluding steroid dienone is 1. The Labute approximate surface area is 214 Å². The van der Waals surface area contributed by atoms with Crippen LogP contribution in [0.1, 0.15) is 65.2 Å². The van der Waals surface area contributed by atoms with E-state index in [2.05, 4.69) is 23.6 Å². The molecule has 200 valence electrons. The second kappa shape index (κ2) is 13.9. The van der Waals surface area contributed by atoms with E-state index in [9.17, 15) is 18.3 Å². The fraction of sp³-hybridized carbons (Fsp3) is 0.720. The second-order valence-corrected chi connectivity index (χ2v) is 11.9. The molecular formula is C25H41ClN2O6S. The zero-order valence-electron chi connectivity index (χ0n) is 20.7. The number of aliphatic hydroxyl groups excluding tert-OH is 2. The molecule has 0 radical (unpaired) electrons. The van der Waals surface area contributed by atoms with Crippen molar-refractivity contribution >= 4 is 27.6 Å². The number of nitrogens with one attached hydrogen (secondary N) is 2. The number of piperidine rings is 1. The molecule has 5 N–H and O–H groups in total. The van der Waals surface area contributed by atoms with Crippen LogP contribution in [0, 0.1) is 11.8 Å². The first-order valence-electron chi connectivity index (χ1n) is 12.5. The predicted molar refractivity (Wildman–Crippen MR) is 139 cm³/mol. The van der Waals surface area contributed by atoms with Crippen LogP contribution < -0.4 is 10.6 Å². The number of carbonyl (C=O) groups is 1. The van der Waals surface area contributed by atoms with Crippen LogP contribution in [0.2, 0.25) is 0 Å². The van der Waals surface area contributed by atoms with Crippen molar-refractivity contribution in [3.8, 4) is 0 Å².